The highest BCUT2D eigenvalue weighted by atomic mass is 79.9. The molecule has 1 aromatic carbocycles. The number of carboxylic acids is 1. The molecule has 0 unspecified atom stereocenters. The Kier molecular flexibility index (Phi) is 4.91. The van der Waals surface area contributed by atoms with Crippen LogP contribution in [0.3, 0.4) is 0 Å². The van der Waals surface area contributed by atoms with E-state index < -0.39 is 11.8 Å². The number of halogens is 2. The van der Waals surface area contributed by atoms with Gasteiger partial charge < -0.3 is 5.11 Å². The van der Waals surface area contributed by atoms with E-state index in [0.29, 0.717) is 18.7 Å². The maximum Gasteiger partial charge on any atom is 0.338 e. The van der Waals surface area contributed by atoms with E-state index >= 15 is 0 Å². The molecule has 1 heterocycles. The van der Waals surface area contributed by atoms with Crippen molar-refractivity contribution in [1.29, 1.82) is 0 Å². The Balaban J connectivity index is 2.09. The van der Waals surface area contributed by atoms with Crippen LogP contribution in [0.15, 0.2) is 33.4 Å². The van der Waals surface area contributed by atoms with Gasteiger partial charge in [0.1, 0.15) is 5.82 Å². The van der Waals surface area contributed by atoms with Gasteiger partial charge in [0.25, 0.3) is 0 Å². The number of thiophene rings is 1. The number of aromatic carboxylic acids is 1. The minimum Gasteiger partial charge on any atom is -0.478 e. The van der Waals surface area contributed by atoms with Crippen LogP contribution in [-0.2, 0) is 13.1 Å². The van der Waals surface area contributed by atoms with Gasteiger partial charge in [-0.05, 0) is 46.1 Å². The summed E-state index contributed by atoms with van der Waals surface area (Å²) in [6.45, 7) is 1.04. The number of carbonyl (C=O) groups is 1. The van der Waals surface area contributed by atoms with Crippen LogP contribution in [0.25, 0.3) is 0 Å². The Morgan fingerprint density at radius 1 is 1.45 bits per heavy atom. The monoisotopic (exact) mass is 357 g/mol. The van der Waals surface area contributed by atoms with Crippen LogP contribution in [0.2, 0.25) is 0 Å². The van der Waals surface area contributed by atoms with Crippen molar-refractivity contribution in [2.24, 2.45) is 0 Å². The Bertz CT molecular complexity index is 629. The van der Waals surface area contributed by atoms with Gasteiger partial charge in [0.05, 0.1) is 9.35 Å². The first-order valence-electron chi connectivity index (χ1n) is 5.89. The summed E-state index contributed by atoms with van der Waals surface area (Å²) in [5.74, 6) is -1.90. The molecule has 1 aromatic heterocycles. The summed E-state index contributed by atoms with van der Waals surface area (Å²) in [7, 11) is 1.87. The fourth-order valence-corrected chi connectivity index (χ4v) is 3.15. The molecule has 0 atom stereocenters. The first kappa shape index (κ1) is 15.2. The van der Waals surface area contributed by atoms with Gasteiger partial charge in [0.2, 0.25) is 0 Å². The van der Waals surface area contributed by atoms with E-state index in [2.05, 4.69) is 15.9 Å². The van der Waals surface area contributed by atoms with Crippen LogP contribution in [-0.4, -0.2) is 23.0 Å². The zero-order chi connectivity index (χ0) is 14.7. The van der Waals surface area contributed by atoms with E-state index in [4.69, 9.17) is 5.11 Å². The molecule has 0 saturated carbocycles. The third kappa shape index (κ3) is 3.65. The van der Waals surface area contributed by atoms with Crippen LogP contribution in [0.5, 0.6) is 0 Å². The van der Waals surface area contributed by atoms with Crippen molar-refractivity contribution in [2.75, 3.05) is 7.05 Å². The van der Waals surface area contributed by atoms with E-state index in [1.807, 2.05) is 23.4 Å². The molecule has 0 spiro atoms. The van der Waals surface area contributed by atoms with E-state index in [0.717, 1.165) is 9.35 Å². The van der Waals surface area contributed by atoms with Crippen LogP contribution < -0.4 is 0 Å². The summed E-state index contributed by atoms with van der Waals surface area (Å²) in [6.07, 6.45) is 0. The van der Waals surface area contributed by atoms with Crippen molar-refractivity contribution in [3.8, 4) is 0 Å². The Labute approximate surface area is 128 Å². The van der Waals surface area contributed by atoms with Crippen molar-refractivity contribution >= 4 is 33.2 Å². The topological polar surface area (TPSA) is 40.5 Å². The second-order valence-electron chi connectivity index (χ2n) is 4.52. The molecule has 0 aliphatic heterocycles. The Hall–Kier alpha value is -1.24. The fraction of sp³-hybridized carbons (Fsp3) is 0.214. The average Bonchev–Trinajstić information content (AvgIpc) is 2.77. The highest BCUT2D eigenvalue weighted by molar-refractivity contribution is 9.11. The number of hydrogen-bond acceptors (Lipinski definition) is 3. The second-order valence-corrected chi connectivity index (χ2v) is 6.81. The Morgan fingerprint density at radius 2 is 2.20 bits per heavy atom. The molecule has 0 radical (unpaired) electrons. The molecule has 0 aliphatic rings. The molecule has 1 N–H and O–H groups in total. The smallest absolute Gasteiger partial charge is 0.338 e. The highest BCUT2D eigenvalue weighted by Gasteiger charge is 2.15. The molecule has 0 aliphatic carbocycles. The first-order valence-corrected chi connectivity index (χ1v) is 7.56. The molecular formula is C14H13BrFNO2S. The zero-order valence-corrected chi connectivity index (χ0v) is 13.2. The van der Waals surface area contributed by atoms with E-state index in [1.165, 1.54) is 6.07 Å². The van der Waals surface area contributed by atoms with Crippen molar-refractivity contribution in [3.05, 3.63) is 55.9 Å². The number of hydrogen-bond donors (Lipinski definition) is 1. The van der Waals surface area contributed by atoms with Crippen molar-refractivity contribution < 1.29 is 14.3 Å². The van der Waals surface area contributed by atoms with E-state index in [-0.39, 0.29) is 5.56 Å². The predicted molar refractivity (Wildman–Crippen MR) is 80.5 cm³/mol. The van der Waals surface area contributed by atoms with Gasteiger partial charge in [-0.3, -0.25) is 4.90 Å². The van der Waals surface area contributed by atoms with Crippen LogP contribution in [0.1, 0.15) is 21.5 Å². The van der Waals surface area contributed by atoms with Gasteiger partial charge in [0, 0.05) is 18.7 Å². The largest absolute Gasteiger partial charge is 0.478 e. The molecule has 0 fully saturated rings. The molecule has 20 heavy (non-hydrogen) atoms. The lowest BCUT2D eigenvalue weighted by molar-refractivity contribution is 0.0691. The number of benzene rings is 1. The van der Waals surface area contributed by atoms with Crippen molar-refractivity contribution in [2.45, 2.75) is 13.1 Å². The maximum absolute atomic E-state index is 14.0. The van der Waals surface area contributed by atoms with Crippen LogP contribution in [0.4, 0.5) is 4.39 Å². The standard InChI is InChI=1S/C14H13BrFNO2S/c1-17(6-9-5-12(15)20-8-9)7-10-3-2-4-11(13(10)16)14(18)19/h2-5,8H,6-7H2,1H3,(H,18,19). The average molecular weight is 358 g/mol. The highest BCUT2D eigenvalue weighted by Crippen LogP contribution is 2.22. The predicted octanol–water partition coefficient (Wildman–Crippen LogP) is 3.98. The van der Waals surface area contributed by atoms with E-state index in [1.54, 1.807) is 23.5 Å². The van der Waals surface area contributed by atoms with Crippen LogP contribution in [0, 0.1) is 5.82 Å². The van der Waals surface area contributed by atoms with Crippen molar-refractivity contribution in [3.63, 3.8) is 0 Å². The van der Waals surface area contributed by atoms with Gasteiger partial charge >= 0.3 is 5.97 Å². The molecule has 6 heteroatoms. The Morgan fingerprint density at radius 3 is 2.80 bits per heavy atom. The quantitative estimate of drug-likeness (QED) is 0.879. The first-order chi connectivity index (χ1) is 9.47. The molecule has 0 bridgehead atoms. The molecule has 106 valence electrons. The summed E-state index contributed by atoms with van der Waals surface area (Å²) in [5, 5.41) is 10.9. The fourth-order valence-electron chi connectivity index (χ4n) is 1.95. The van der Waals surface area contributed by atoms with E-state index in [9.17, 15) is 9.18 Å². The molecule has 2 aromatic rings. The van der Waals surface area contributed by atoms with Crippen molar-refractivity contribution in [1.82, 2.24) is 4.90 Å². The lowest BCUT2D eigenvalue weighted by Gasteiger charge is -2.16. The molecule has 2 rings (SSSR count). The lowest BCUT2D eigenvalue weighted by atomic mass is 10.1. The third-order valence-corrected chi connectivity index (χ3v) is 4.38. The zero-order valence-electron chi connectivity index (χ0n) is 10.8. The number of carboxylic acid groups (broad SMARTS) is 1. The summed E-state index contributed by atoms with van der Waals surface area (Å²) in [4.78, 5) is 12.8. The summed E-state index contributed by atoms with van der Waals surface area (Å²) in [6, 6.07) is 6.47. The van der Waals surface area contributed by atoms with Gasteiger partial charge in [-0.2, -0.15) is 0 Å². The molecular weight excluding hydrogens is 345 g/mol. The summed E-state index contributed by atoms with van der Waals surface area (Å²) in [5.41, 5.74) is 1.25. The maximum atomic E-state index is 14.0. The molecule has 0 amide bonds. The van der Waals surface area contributed by atoms with Gasteiger partial charge in [-0.1, -0.05) is 12.1 Å². The van der Waals surface area contributed by atoms with Gasteiger partial charge in [0.15, 0.2) is 0 Å². The second kappa shape index (κ2) is 6.47. The number of rotatable bonds is 5. The number of nitrogens with zero attached hydrogens (tertiary/aromatic N) is 1. The minimum atomic E-state index is -1.24. The summed E-state index contributed by atoms with van der Waals surface area (Å²) >= 11 is 5.00. The molecule has 3 nitrogen and oxygen atoms in total. The lowest BCUT2D eigenvalue weighted by Crippen LogP contribution is -2.18. The third-order valence-electron chi connectivity index (χ3n) is 2.82. The SMILES string of the molecule is CN(Cc1csc(Br)c1)Cc1cccc(C(=O)O)c1F. The van der Waals surface area contributed by atoms with Gasteiger partial charge in [-0.25, -0.2) is 9.18 Å². The van der Waals surface area contributed by atoms with Gasteiger partial charge in [-0.15, -0.1) is 11.3 Å². The molecule has 0 saturated heterocycles. The minimum absolute atomic E-state index is 0.283. The summed E-state index contributed by atoms with van der Waals surface area (Å²) < 4.78 is 15.1. The normalized spacial score (nSPS) is 11.0. The van der Waals surface area contributed by atoms with Crippen LogP contribution >= 0.6 is 27.3 Å².